The van der Waals surface area contributed by atoms with Gasteiger partial charge < -0.3 is 10.1 Å². The summed E-state index contributed by atoms with van der Waals surface area (Å²) in [5.74, 6) is 0. The summed E-state index contributed by atoms with van der Waals surface area (Å²) in [5, 5.41) is 8.26. The van der Waals surface area contributed by atoms with Gasteiger partial charge in [0.2, 0.25) is 0 Å². The first kappa shape index (κ1) is 9.88. The normalized spacial score (nSPS) is 10.8. The molecule has 0 heterocycles. The molecule has 0 unspecified atom stereocenters. The third kappa shape index (κ3) is 4.73. The highest BCUT2D eigenvalue weighted by Gasteiger charge is 1.95. The Morgan fingerprint density at radius 1 is 1.30 bits per heavy atom. The standard InChI is InChI=1S/C7H18N2O/c1-3-9(4-2)7-5-6-8-10/h8,10H,3-7H2,1-2H3. The molecule has 0 saturated heterocycles. The molecule has 0 saturated carbocycles. The van der Waals surface area contributed by atoms with Gasteiger partial charge in [-0.1, -0.05) is 13.8 Å². The molecule has 2 N–H and O–H groups in total. The lowest BCUT2D eigenvalue weighted by atomic mass is 10.4. The number of nitrogens with one attached hydrogen (secondary N) is 1. The van der Waals surface area contributed by atoms with Gasteiger partial charge >= 0.3 is 0 Å². The van der Waals surface area contributed by atoms with Gasteiger partial charge in [0, 0.05) is 6.54 Å². The molecule has 10 heavy (non-hydrogen) atoms. The zero-order valence-corrected chi connectivity index (χ0v) is 6.93. The van der Waals surface area contributed by atoms with Crippen molar-refractivity contribution < 1.29 is 5.21 Å². The maximum atomic E-state index is 8.26. The molecule has 0 aliphatic heterocycles. The molecule has 0 fully saturated rings. The Labute approximate surface area is 63.0 Å². The first-order valence-electron chi connectivity index (χ1n) is 3.94. The minimum absolute atomic E-state index is 0.691. The predicted molar refractivity (Wildman–Crippen MR) is 42.2 cm³/mol. The lowest BCUT2D eigenvalue weighted by Gasteiger charge is -2.16. The lowest BCUT2D eigenvalue weighted by Crippen LogP contribution is -2.26. The lowest BCUT2D eigenvalue weighted by molar-refractivity contribution is 0.159. The molecule has 62 valence electrons. The second-order valence-corrected chi connectivity index (χ2v) is 2.29. The molecular weight excluding hydrogens is 128 g/mol. The van der Waals surface area contributed by atoms with Gasteiger partial charge in [-0.05, 0) is 26.1 Å². The summed E-state index contributed by atoms with van der Waals surface area (Å²) in [6, 6.07) is 0. The third-order valence-corrected chi connectivity index (χ3v) is 1.66. The molecule has 0 bridgehead atoms. The van der Waals surface area contributed by atoms with Crippen LogP contribution in [0.2, 0.25) is 0 Å². The van der Waals surface area contributed by atoms with Crippen LogP contribution in [-0.4, -0.2) is 36.3 Å². The van der Waals surface area contributed by atoms with Crippen LogP contribution in [0.3, 0.4) is 0 Å². The predicted octanol–water partition coefficient (Wildman–Crippen LogP) is 0.697. The Kier molecular flexibility index (Phi) is 6.91. The Morgan fingerprint density at radius 2 is 1.90 bits per heavy atom. The van der Waals surface area contributed by atoms with Crippen molar-refractivity contribution in [3.63, 3.8) is 0 Å². The van der Waals surface area contributed by atoms with Crippen molar-refractivity contribution >= 4 is 0 Å². The molecule has 0 aliphatic rings. The van der Waals surface area contributed by atoms with Gasteiger partial charge in [-0.25, -0.2) is 5.48 Å². The largest absolute Gasteiger partial charge is 0.317 e. The number of rotatable bonds is 6. The summed E-state index contributed by atoms with van der Waals surface area (Å²) < 4.78 is 0. The maximum Gasteiger partial charge on any atom is 0.0219 e. The molecule has 3 nitrogen and oxygen atoms in total. The summed E-state index contributed by atoms with van der Waals surface area (Å²) in [7, 11) is 0. The molecule has 0 radical (unpaired) electrons. The topological polar surface area (TPSA) is 35.5 Å². The second kappa shape index (κ2) is 6.99. The Morgan fingerprint density at radius 3 is 2.30 bits per heavy atom. The van der Waals surface area contributed by atoms with Crippen LogP contribution >= 0.6 is 0 Å². The molecule has 0 aromatic heterocycles. The molecule has 0 amide bonds. The molecular formula is C7H18N2O. The van der Waals surface area contributed by atoms with Crippen LogP contribution in [0.4, 0.5) is 0 Å². The fraction of sp³-hybridized carbons (Fsp3) is 1.00. The monoisotopic (exact) mass is 146 g/mol. The Bertz CT molecular complexity index is 64.6. The molecule has 0 aromatic rings. The molecule has 0 spiro atoms. The SMILES string of the molecule is CCN(CC)CCCNO. The minimum atomic E-state index is 0.691. The van der Waals surface area contributed by atoms with Crippen molar-refractivity contribution in [1.82, 2.24) is 10.4 Å². The molecule has 0 aromatic carbocycles. The van der Waals surface area contributed by atoms with Crippen molar-refractivity contribution in [1.29, 1.82) is 0 Å². The van der Waals surface area contributed by atoms with E-state index in [0.717, 1.165) is 26.1 Å². The van der Waals surface area contributed by atoms with E-state index in [9.17, 15) is 0 Å². The highest BCUT2D eigenvalue weighted by Crippen LogP contribution is 1.88. The van der Waals surface area contributed by atoms with Crippen LogP contribution in [0.15, 0.2) is 0 Å². The first-order valence-corrected chi connectivity index (χ1v) is 3.94. The quantitative estimate of drug-likeness (QED) is 0.427. The van der Waals surface area contributed by atoms with Crippen LogP contribution in [0.5, 0.6) is 0 Å². The highest BCUT2D eigenvalue weighted by molar-refractivity contribution is 4.51. The van der Waals surface area contributed by atoms with Gasteiger partial charge in [0.15, 0.2) is 0 Å². The van der Waals surface area contributed by atoms with Crippen LogP contribution < -0.4 is 5.48 Å². The Balaban J connectivity index is 3.09. The average Bonchev–Trinajstić information content (AvgIpc) is 1.99. The van der Waals surface area contributed by atoms with E-state index in [-0.39, 0.29) is 0 Å². The molecule has 0 atom stereocenters. The van der Waals surface area contributed by atoms with Gasteiger partial charge in [-0.15, -0.1) is 0 Å². The smallest absolute Gasteiger partial charge is 0.0219 e. The second-order valence-electron chi connectivity index (χ2n) is 2.29. The van der Waals surface area contributed by atoms with E-state index >= 15 is 0 Å². The van der Waals surface area contributed by atoms with E-state index in [0.29, 0.717) is 6.54 Å². The van der Waals surface area contributed by atoms with Gasteiger partial charge in [0.05, 0.1) is 0 Å². The zero-order chi connectivity index (χ0) is 7.82. The van der Waals surface area contributed by atoms with E-state index in [2.05, 4.69) is 24.2 Å². The minimum Gasteiger partial charge on any atom is -0.317 e. The maximum absolute atomic E-state index is 8.26. The van der Waals surface area contributed by atoms with Crippen molar-refractivity contribution in [2.24, 2.45) is 0 Å². The van der Waals surface area contributed by atoms with Crippen LogP contribution in [-0.2, 0) is 0 Å². The van der Waals surface area contributed by atoms with Gasteiger partial charge in [-0.2, -0.15) is 0 Å². The first-order chi connectivity index (χ1) is 4.85. The van der Waals surface area contributed by atoms with Crippen LogP contribution in [0.25, 0.3) is 0 Å². The number of nitrogens with zero attached hydrogens (tertiary/aromatic N) is 1. The summed E-state index contributed by atoms with van der Waals surface area (Å²) >= 11 is 0. The zero-order valence-electron chi connectivity index (χ0n) is 6.93. The number of hydroxylamine groups is 1. The van der Waals surface area contributed by atoms with Crippen molar-refractivity contribution in [3.8, 4) is 0 Å². The highest BCUT2D eigenvalue weighted by atomic mass is 16.5. The fourth-order valence-electron chi connectivity index (χ4n) is 0.922. The van der Waals surface area contributed by atoms with Crippen molar-refractivity contribution in [2.45, 2.75) is 20.3 Å². The molecule has 0 rings (SSSR count). The Hall–Kier alpha value is -0.120. The number of hydrogen-bond donors (Lipinski definition) is 2. The van der Waals surface area contributed by atoms with E-state index < -0.39 is 0 Å². The summed E-state index contributed by atoms with van der Waals surface area (Å²) in [6.07, 6.45) is 1.01. The van der Waals surface area contributed by atoms with Crippen LogP contribution in [0, 0.1) is 0 Å². The van der Waals surface area contributed by atoms with E-state index in [1.54, 1.807) is 0 Å². The average molecular weight is 146 g/mol. The number of hydrogen-bond acceptors (Lipinski definition) is 3. The van der Waals surface area contributed by atoms with Gasteiger partial charge in [0.1, 0.15) is 0 Å². The summed E-state index contributed by atoms with van der Waals surface area (Å²) in [4.78, 5) is 2.33. The van der Waals surface area contributed by atoms with E-state index in [1.807, 2.05) is 0 Å². The summed E-state index contributed by atoms with van der Waals surface area (Å²) in [5.41, 5.74) is 2.14. The van der Waals surface area contributed by atoms with Gasteiger partial charge in [-0.3, -0.25) is 0 Å². The fourth-order valence-corrected chi connectivity index (χ4v) is 0.922. The molecule has 3 heteroatoms. The van der Waals surface area contributed by atoms with Gasteiger partial charge in [0.25, 0.3) is 0 Å². The van der Waals surface area contributed by atoms with E-state index in [4.69, 9.17) is 5.21 Å². The summed E-state index contributed by atoms with van der Waals surface area (Å²) in [6.45, 7) is 8.26. The van der Waals surface area contributed by atoms with E-state index in [1.165, 1.54) is 0 Å². The van der Waals surface area contributed by atoms with Crippen LogP contribution in [0.1, 0.15) is 20.3 Å². The third-order valence-electron chi connectivity index (χ3n) is 1.66. The van der Waals surface area contributed by atoms with Crippen molar-refractivity contribution in [2.75, 3.05) is 26.2 Å². The molecule has 0 aliphatic carbocycles. The van der Waals surface area contributed by atoms with Crippen molar-refractivity contribution in [3.05, 3.63) is 0 Å².